The first-order valence-electron chi connectivity index (χ1n) is 5.38. The Labute approximate surface area is 119 Å². The van der Waals surface area contributed by atoms with Gasteiger partial charge in [-0.3, -0.25) is 0 Å². The molecule has 0 bridgehead atoms. The molecule has 4 heteroatoms. The maximum Gasteiger partial charge on any atom is 0.0832 e. The Morgan fingerprint density at radius 2 is 1.72 bits per heavy atom. The van der Waals surface area contributed by atoms with Crippen molar-refractivity contribution >= 4 is 45.7 Å². The third kappa shape index (κ3) is 1.89. The molecule has 0 N–H and O–H groups in total. The zero-order chi connectivity index (χ0) is 12.7. The summed E-state index contributed by atoms with van der Waals surface area (Å²) >= 11 is 18.3. The molecular formula is C14H8Cl3N. The van der Waals surface area contributed by atoms with Crippen LogP contribution >= 0.6 is 34.8 Å². The van der Waals surface area contributed by atoms with E-state index in [2.05, 4.69) is 0 Å². The van der Waals surface area contributed by atoms with E-state index < -0.39 is 0 Å². The van der Waals surface area contributed by atoms with Gasteiger partial charge in [-0.05, 0) is 30.3 Å². The van der Waals surface area contributed by atoms with Gasteiger partial charge < -0.3 is 4.57 Å². The van der Waals surface area contributed by atoms with E-state index >= 15 is 0 Å². The molecule has 0 fully saturated rings. The standard InChI is InChI=1S/C14H8Cl3N/c15-10-5-4-9-6-7-18(13(9)8-10)12-3-1-2-11(16)14(12)17/h1-8H. The van der Waals surface area contributed by atoms with Crippen molar-refractivity contribution in [2.75, 3.05) is 0 Å². The molecule has 0 amide bonds. The molecule has 18 heavy (non-hydrogen) atoms. The number of nitrogens with zero attached hydrogens (tertiary/aromatic N) is 1. The average molecular weight is 297 g/mol. The van der Waals surface area contributed by atoms with Crippen molar-refractivity contribution in [3.63, 3.8) is 0 Å². The van der Waals surface area contributed by atoms with Gasteiger partial charge in [0, 0.05) is 16.6 Å². The van der Waals surface area contributed by atoms with Crippen molar-refractivity contribution in [1.82, 2.24) is 4.57 Å². The number of hydrogen-bond acceptors (Lipinski definition) is 0. The number of fused-ring (bicyclic) bond motifs is 1. The van der Waals surface area contributed by atoms with Gasteiger partial charge in [-0.1, -0.05) is 46.9 Å². The minimum absolute atomic E-state index is 0.539. The van der Waals surface area contributed by atoms with E-state index in [1.807, 2.05) is 47.2 Å². The van der Waals surface area contributed by atoms with Crippen molar-refractivity contribution in [3.8, 4) is 5.69 Å². The summed E-state index contributed by atoms with van der Waals surface area (Å²) in [5.41, 5.74) is 1.85. The van der Waals surface area contributed by atoms with Crippen molar-refractivity contribution in [2.24, 2.45) is 0 Å². The van der Waals surface area contributed by atoms with Gasteiger partial charge in [-0.15, -0.1) is 0 Å². The summed E-state index contributed by atoms with van der Waals surface area (Å²) in [7, 11) is 0. The number of aromatic nitrogens is 1. The van der Waals surface area contributed by atoms with Gasteiger partial charge >= 0.3 is 0 Å². The monoisotopic (exact) mass is 295 g/mol. The third-order valence-corrected chi connectivity index (χ3v) is 3.89. The molecule has 0 aliphatic rings. The average Bonchev–Trinajstić information content (AvgIpc) is 2.75. The van der Waals surface area contributed by atoms with Crippen molar-refractivity contribution in [1.29, 1.82) is 0 Å². The van der Waals surface area contributed by atoms with Crippen LogP contribution in [0.25, 0.3) is 16.6 Å². The van der Waals surface area contributed by atoms with Crippen molar-refractivity contribution < 1.29 is 0 Å². The Morgan fingerprint density at radius 1 is 0.889 bits per heavy atom. The minimum atomic E-state index is 0.539. The lowest BCUT2D eigenvalue weighted by Crippen LogP contribution is -1.93. The highest BCUT2D eigenvalue weighted by Crippen LogP contribution is 2.31. The molecule has 0 spiro atoms. The molecule has 0 unspecified atom stereocenters. The Hall–Kier alpha value is -1.15. The molecule has 2 aromatic carbocycles. The predicted molar refractivity (Wildman–Crippen MR) is 78.3 cm³/mol. The van der Waals surface area contributed by atoms with Gasteiger partial charge in [0.05, 0.1) is 21.2 Å². The van der Waals surface area contributed by atoms with E-state index in [4.69, 9.17) is 34.8 Å². The molecule has 90 valence electrons. The Kier molecular flexibility index (Phi) is 2.98. The second kappa shape index (κ2) is 4.51. The van der Waals surface area contributed by atoms with Crippen LogP contribution in [0.3, 0.4) is 0 Å². The van der Waals surface area contributed by atoms with Crippen LogP contribution in [-0.2, 0) is 0 Å². The van der Waals surface area contributed by atoms with Gasteiger partial charge in [0.25, 0.3) is 0 Å². The van der Waals surface area contributed by atoms with Crippen LogP contribution in [-0.4, -0.2) is 4.57 Å². The maximum atomic E-state index is 6.24. The van der Waals surface area contributed by atoms with Gasteiger partial charge in [0.15, 0.2) is 0 Å². The number of rotatable bonds is 1. The predicted octanol–water partition coefficient (Wildman–Crippen LogP) is 5.59. The lowest BCUT2D eigenvalue weighted by Gasteiger charge is -2.09. The Balaban J connectivity index is 2.32. The van der Waals surface area contributed by atoms with E-state index in [1.165, 1.54) is 0 Å². The SMILES string of the molecule is Clc1ccc2ccn(-c3cccc(Cl)c3Cl)c2c1. The molecule has 0 saturated carbocycles. The zero-order valence-electron chi connectivity index (χ0n) is 9.20. The highest BCUT2D eigenvalue weighted by atomic mass is 35.5. The van der Waals surface area contributed by atoms with Crippen LogP contribution < -0.4 is 0 Å². The molecule has 1 aromatic heterocycles. The van der Waals surface area contributed by atoms with Crippen LogP contribution in [0.2, 0.25) is 15.1 Å². The minimum Gasteiger partial charge on any atom is -0.315 e. The lowest BCUT2D eigenvalue weighted by molar-refractivity contribution is 1.13. The first-order chi connectivity index (χ1) is 8.66. The smallest absolute Gasteiger partial charge is 0.0832 e. The maximum absolute atomic E-state index is 6.24. The molecule has 0 saturated heterocycles. The number of hydrogen-bond donors (Lipinski definition) is 0. The van der Waals surface area contributed by atoms with Crippen LogP contribution in [0, 0.1) is 0 Å². The van der Waals surface area contributed by atoms with Gasteiger partial charge in [-0.2, -0.15) is 0 Å². The van der Waals surface area contributed by atoms with Crippen molar-refractivity contribution in [3.05, 3.63) is 63.7 Å². The van der Waals surface area contributed by atoms with Crippen LogP contribution in [0.15, 0.2) is 48.7 Å². The topological polar surface area (TPSA) is 4.93 Å². The molecule has 0 radical (unpaired) electrons. The Bertz CT molecular complexity index is 731. The fourth-order valence-corrected chi connectivity index (χ4v) is 2.54. The van der Waals surface area contributed by atoms with E-state index in [-0.39, 0.29) is 0 Å². The third-order valence-electron chi connectivity index (χ3n) is 2.85. The summed E-state index contributed by atoms with van der Waals surface area (Å²) in [6.07, 6.45) is 1.96. The summed E-state index contributed by atoms with van der Waals surface area (Å²) in [6, 6.07) is 13.3. The summed E-state index contributed by atoms with van der Waals surface area (Å²) in [4.78, 5) is 0. The van der Waals surface area contributed by atoms with E-state index in [1.54, 1.807) is 6.07 Å². The molecule has 0 aliphatic carbocycles. The summed E-state index contributed by atoms with van der Waals surface area (Å²) in [6.45, 7) is 0. The van der Waals surface area contributed by atoms with Gasteiger partial charge in [0.2, 0.25) is 0 Å². The fraction of sp³-hybridized carbons (Fsp3) is 0. The quantitative estimate of drug-likeness (QED) is 0.551. The second-order valence-corrected chi connectivity index (χ2v) is 5.18. The normalized spacial score (nSPS) is 11.1. The number of benzene rings is 2. The fourth-order valence-electron chi connectivity index (χ4n) is 1.99. The summed E-state index contributed by atoms with van der Waals surface area (Å²) in [5, 5.41) is 2.88. The van der Waals surface area contributed by atoms with Crippen LogP contribution in [0.5, 0.6) is 0 Å². The molecule has 0 aliphatic heterocycles. The van der Waals surface area contributed by atoms with Crippen LogP contribution in [0.4, 0.5) is 0 Å². The van der Waals surface area contributed by atoms with Crippen LogP contribution in [0.1, 0.15) is 0 Å². The van der Waals surface area contributed by atoms with E-state index in [0.29, 0.717) is 15.1 Å². The first kappa shape index (κ1) is 11.9. The first-order valence-corrected chi connectivity index (χ1v) is 6.51. The highest BCUT2D eigenvalue weighted by molar-refractivity contribution is 6.43. The van der Waals surface area contributed by atoms with Gasteiger partial charge in [0.1, 0.15) is 0 Å². The molecule has 3 rings (SSSR count). The number of halogens is 3. The highest BCUT2D eigenvalue weighted by Gasteiger charge is 2.09. The van der Waals surface area contributed by atoms with Crippen molar-refractivity contribution in [2.45, 2.75) is 0 Å². The van der Waals surface area contributed by atoms with E-state index in [0.717, 1.165) is 16.6 Å². The molecular weight excluding hydrogens is 289 g/mol. The molecule has 3 aromatic rings. The second-order valence-electron chi connectivity index (χ2n) is 3.96. The van der Waals surface area contributed by atoms with E-state index in [9.17, 15) is 0 Å². The van der Waals surface area contributed by atoms with Gasteiger partial charge in [-0.25, -0.2) is 0 Å². The lowest BCUT2D eigenvalue weighted by atomic mass is 10.2. The molecule has 1 nitrogen and oxygen atoms in total. The molecule has 1 heterocycles. The summed E-state index contributed by atoms with van der Waals surface area (Å²) < 4.78 is 1.98. The zero-order valence-corrected chi connectivity index (χ0v) is 11.5. The molecule has 0 atom stereocenters. The largest absolute Gasteiger partial charge is 0.315 e. The summed E-state index contributed by atoms with van der Waals surface area (Å²) in [5.74, 6) is 0. The Morgan fingerprint density at radius 3 is 2.56 bits per heavy atom.